The topological polar surface area (TPSA) is 56.6 Å². The molecule has 140 valence electrons. The molecule has 1 saturated heterocycles. The molecule has 0 saturated carbocycles. The Morgan fingerprint density at radius 3 is 2.67 bits per heavy atom. The van der Waals surface area contributed by atoms with E-state index >= 15 is 0 Å². The van der Waals surface area contributed by atoms with Crippen molar-refractivity contribution in [1.82, 2.24) is 14.5 Å². The van der Waals surface area contributed by atoms with Crippen LogP contribution in [-0.4, -0.2) is 40.6 Å². The molecule has 0 aliphatic carbocycles. The molecule has 2 heterocycles. The third-order valence-electron chi connectivity index (χ3n) is 4.89. The third-order valence-corrected chi connectivity index (χ3v) is 4.89. The summed E-state index contributed by atoms with van der Waals surface area (Å²) in [6.07, 6.45) is 2.17. The summed E-state index contributed by atoms with van der Waals surface area (Å²) in [6.45, 7) is 2.27. The molecule has 4 rings (SSSR count). The van der Waals surface area contributed by atoms with Crippen LogP contribution >= 0.6 is 0 Å². The van der Waals surface area contributed by atoms with Gasteiger partial charge in [-0.2, -0.15) is 0 Å². The first kappa shape index (κ1) is 17.4. The number of ether oxygens (including phenoxy) is 2. The summed E-state index contributed by atoms with van der Waals surface area (Å²) in [6, 6.07) is 15.3. The molecule has 0 atom stereocenters. The van der Waals surface area contributed by atoms with Gasteiger partial charge in [0.2, 0.25) is 5.91 Å². The summed E-state index contributed by atoms with van der Waals surface area (Å²) in [7, 11) is 1.63. The Kier molecular flexibility index (Phi) is 4.96. The van der Waals surface area contributed by atoms with E-state index < -0.39 is 0 Å². The van der Waals surface area contributed by atoms with E-state index in [1.54, 1.807) is 7.11 Å². The number of hydrogen-bond donors (Lipinski definition) is 0. The van der Waals surface area contributed by atoms with E-state index in [0.29, 0.717) is 5.75 Å². The molecule has 6 nitrogen and oxygen atoms in total. The Bertz CT molecular complexity index is 945. The van der Waals surface area contributed by atoms with E-state index in [2.05, 4.69) is 4.98 Å². The van der Waals surface area contributed by atoms with Gasteiger partial charge in [-0.3, -0.25) is 4.79 Å². The SMILES string of the molecule is COc1cccc(OCc2nc3ccccc3n2CC(=O)N2CCCC2)c1. The van der Waals surface area contributed by atoms with Crippen molar-refractivity contribution in [2.24, 2.45) is 0 Å². The predicted octanol–water partition coefficient (Wildman–Crippen LogP) is 3.25. The van der Waals surface area contributed by atoms with Crippen molar-refractivity contribution in [3.8, 4) is 11.5 Å². The summed E-state index contributed by atoms with van der Waals surface area (Å²) in [5.74, 6) is 2.33. The molecule has 1 aliphatic rings. The van der Waals surface area contributed by atoms with Crippen molar-refractivity contribution >= 4 is 16.9 Å². The van der Waals surface area contributed by atoms with Crippen LogP contribution in [-0.2, 0) is 17.9 Å². The standard InChI is InChI=1S/C21H23N3O3/c1-26-16-7-6-8-17(13-16)27-15-20-22-18-9-2-3-10-19(18)24(20)14-21(25)23-11-4-5-12-23/h2-3,6-10,13H,4-5,11-12,14-15H2,1H3. The zero-order chi connectivity index (χ0) is 18.6. The van der Waals surface area contributed by atoms with Crippen molar-refractivity contribution < 1.29 is 14.3 Å². The van der Waals surface area contributed by atoms with Crippen LogP contribution in [0.3, 0.4) is 0 Å². The van der Waals surface area contributed by atoms with Crippen LogP contribution in [0.15, 0.2) is 48.5 Å². The number of benzene rings is 2. The summed E-state index contributed by atoms with van der Waals surface area (Å²) < 4.78 is 13.1. The Balaban J connectivity index is 1.58. The minimum absolute atomic E-state index is 0.137. The van der Waals surface area contributed by atoms with E-state index in [0.717, 1.165) is 48.5 Å². The van der Waals surface area contributed by atoms with E-state index in [1.807, 2.05) is 58.0 Å². The average Bonchev–Trinajstić information content (AvgIpc) is 3.35. The van der Waals surface area contributed by atoms with Crippen LogP contribution in [0.25, 0.3) is 11.0 Å². The quantitative estimate of drug-likeness (QED) is 0.673. The molecule has 27 heavy (non-hydrogen) atoms. The van der Waals surface area contributed by atoms with Crippen molar-refractivity contribution in [2.45, 2.75) is 26.0 Å². The van der Waals surface area contributed by atoms with Crippen LogP contribution in [0, 0.1) is 0 Å². The van der Waals surface area contributed by atoms with Gasteiger partial charge in [0.05, 0.1) is 18.1 Å². The number of imidazole rings is 1. The first-order valence-electron chi connectivity index (χ1n) is 9.23. The number of hydrogen-bond acceptors (Lipinski definition) is 4. The number of fused-ring (bicyclic) bond motifs is 1. The number of rotatable bonds is 6. The smallest absolute Gasteiger partial charge is 0.242 e. The van der Waals surface area contributed by atoms with Gasteiger partial charge in [0.1, 0.15) is 30.5 Å². The van der Waals surface area contributed by atoms with Crippen LogP contribution in [0.5, 0.6) is 11.5 Å². The van der Waals surface area contributed by atoms with Crippen molar-refractivity contribution in [1.29, 1.82) is 0 Å². The first-order chi connectivity index (χ1) is 13.2. The molecule has 3 aromatic rings. The molecule has 1 aliphatic heterocycles. The summed E-state index contributed by atoms with van der Waals surface area (Å²) in [5, 5.41) is 0. The van der Waals surface area contributed by atoms with Crippen LogP contribution in [0.2, 0.25) is 0 Å². The highest BCUT2D eigenvalue weighted by Crippen LogP contribution is 2.22. The molecule has 6 heteroatoms. The number of methoxy groups -OCH3 is 1. The fourth-order valence-corrected chi connectivity index (χ4v) is 3.45. The average molecular weight is 365 g/mol. The van der Waals surface area contributed by atoms with Crippen molar-refractivity contribution in [3.63, 3.8) is 0 Å². The summed E-state index contributed by atoms with van der Waals surface area (Å²) >= 11 is 0. The Hall–Kier alpha value is -3.02. The molecule has 0 unspecified atom stereocenters. The second-order valence-electron chi connectivity index (χ2n) is 6.66. The third kappa shape index (κ3) is 3.74. The Morgan fingerprint density at radius 1 is 1.07 bits per heavy atom. The molecule has 1 amide bonds. The fourth-order valence-electron chi connectivity index (χ4n) is 3.45. The van der Waals surface area contributed by atoms with E-state index in [4.69, 9.17) is 9.47 Å². The number of amides is 1. The van der Waals surface area contributed by atoms with Gasteiger partial charge in [-0.1, -0.05) is 18.2 Å². The number of likely N-dealkylation sites (tertiary alicyclic amines) is 1. The molecule has 0 N–H and O–H groups in total. The number of aromatic nitrogens is 2. The monoisotopic (exact) mass is 365 g/mol. The lowest BCUT2D eigenvalue weighted by Crippen LogP contribution is -2.31. The van der Waals surface area contributed by atoms with Crippen molar-refractivity contribution in [2.75, 3.05) is 20.2 Å². The molecule has 0 spiro atoms. The highest BCUT2D eigenvalue weighted by Gasteiger charge is 2.21. The van der Waals surface area contributed by atoms with Gasteiger partial charge in [0.15, 0.2) is 0 Å². The zero-order valence-electron chi connectivity index (χ0n) is 15.4. The van der Waals surface area contributed by atoms with Crippen LogP contribution < -0.4 is 9.47 Å². The molecule has 1 aromatic heterocycles. The van der Waals surface area contributed by atoms with Gasteiger partial charge in [-0.15, -0.1) is 0 Å². The minimum Gasteiger partial charge on any atom is -0.497 e. The van der Waals surface area contributed by atoms with Gasteiger partial charge in [0, 0.05) is 19.2 Å². The highest BCUT2D eigenvalue weighted by molar-refractivity contribution is 5.81. The van der Waals surface area contributed by atoms with Gasteiger partial charge < -0.3 is 18.9 Å². The largest absolute Gasteiger partial charge is 0.497 e. The number of carbonyl (C=O) groups excluding carboxylic acids is 1. The van der Waals surface area contributed by atoms with Gasteiger partial charge in [-0.05, 0) is 37.1 Å². The Morgan fingerprint density at radius 2 is 1.85 bits per heavy atom. The molecular formula is C21H23N3O3. The maximum absolute atomic E-state index is 12.7. The Labute approximate surface area is 158 Å². The van der Waals surface area contributed by atoms with Gasteiger partial charge in [0.25, 0.3) is 0 Å². The first-order valence-corrected chi connectivity index (χ1v) is 9.23. The van der Waals surface area contributed by atoms with Crippen LogP contribution in [0.1, 0.15) is 18.7 Å². The maximum atomic E-state index is 12.7. The van der Waals surface area contributed by atoms with E-state index in [-0.39, 0.29) is 19.1 Å². The van der Waals surface area contributed by atoms with Crippen LogP contribution in [0.4, 0.5) is 0 Å². The highest BCUT2D eigenvalue weighted by atomic mass is 16.5. The zero-order valence-corrected chi connectivity index (χ0v) is 15.4. The maximum Gasteiger partial charge on any atom is 0.242 e. The number of carbonyl (C=O) groups is 1. The van der Waals surface area contributed by atoms with E-state index in [9.17, 15) is 4.79 Å². The predicted molar refractivity (Wildman–Crippen MR) is 103 cm³/mol. The molecule has 1 fully saturated rings. The van der Waals surface area contributed by atoms with E-state index in [1.165, 1.54) is 0 Å². The fraction of sp³-hybridized carbons (Fsp3) is 0.333. The number of nitrogens with zero attached hydrogens (tertiary/aromatic N) is 3. The summed E-state index contributed by atoms with van der Waals surface area (Å²) in [4.78, 5) is 19.3. The van der Waals surface area contributed by atoms with Gasteiger partial charge >= 0.3 is 0 Å². The second kappa shape index (κ2) is 7.70. The van der Waals surface area contributed by atoms with Crippen molar-refractivity contribution in [3.05, 3.63) is 54.4 Å². The lowest BCUT2D eigenvalue weighted by atomic mass is 10.3. The lowest BCUT2D eigenvalue weighted by Gasteiger charge is -2.17. The lowest BCUT2D eigenvalue weighted by molar-refractivity contribution is -0.130. The second-order valence-corrected chi connectivity index (χ2v) is 6.66. The minimum atomic E-state index is 0.137. The molecule has 0 radical (unpaired) electrons. The molecular weight excluding hydrogens is 342 g/mol. The number of para-hydroxylation sites is 2. The summed E-state index contributed by atoms with van der Waals surface area (Å²) in [5.41, 5.74) is 1.82. The molecule has 0 bridgehead atoms. The van der Waals surface area contributed by atoms with Gasteiger partial charge in [-0.25, -0.2) is 4.98 Å². The normalized spacial score (nSPS) is 13.9. The molecule has 2 aromatic carbocycles.